The number of carbonyl (C=O) groups excluding carboxylic acids is 1. The first-order valence-electron chi connectivity index (χ1n) is 6.82. The van der Waals surface area contributed by atoms with Crippen LogP contribution in [0.15, 0.2) is 22.7 Å². The fraction of sp³-hybridized carbons (Fsp3) is 0.533. The Hall–Kier alpha value is -1.07. The molecule has 1 heterocycles. The highest BCUT2D eigenvalue weighted by molar-refractivity contribution is 9.10. The van der Waals surface area contributed by atoms with Gasteiger partial charge in [0.2, 0.25) is 0 Å². The third-order valence-corrected chi connectivity index (χ3v) is 4.37. The largest absolute Gasteiger partial charge is 0.496 e. The molecule has 1 aromatic rings. The van der Waals surface area contributed by atoms with Gasteiger partial charge in [0, 0.05) is 23.6 Å². The van der Waals surface area contributed by atoms with E-state index in [2.05, 4.69) is 34.9 Å². The van der Waals surface area contributed by atoms with Crippen molar-refractivity contribution in [1.29, 1.82) is 0 Å². The van der Waals surface area contributed by atoms with Gasteiger partial charge in [-0.25, -0.2) is 0 Å². The molecule has 2 rings (SSSR count). The van der Waals surface area contributed by atoms with Crippen molar-refractivity contribution in [3.05, 3.63) is 28.2 Å². The predicted molar refractivity (Wildman–Crippen MR) is 83.3 cm³/mol. The minimum absolute atomic E-state index is 0.0616. The van der Waals surface area contributed by atoms with Gasteiger partial charge in [-0.1, -0.05) is 15.9 Å². The molecule has 0 saturated carbocycles. The van der Waals surface area contributed by atoms with Crippen molar-refractivity contribution in [3.63, 3.8) is 0 Å². The van der Waals surface area contributed by atoms with Gasteiger partial charge in [0.05, 0.1) is 12.7 Å². The first-order valence-corrected chi connectivity index (χ1v) is 7.61. The summed E-state index contributed by atoms with van der Waals surface area (Å²) >= 11 is 3.40. The predicted octanol–water partition coefficient (Wildman–Crippen LogP) is 2.62. The van der Waals surface area contributed by atoms with E-state index < -0.39 is 0 Å². The zero-order valence-corrected chi connectivity index (χ0v) is 13.8. The summed E-state index contributed by atoms with van der Waals surface area (Å²) < 4.78 is 6.23. The second kappa shape index (κ2) is 6.59. The number of hydrogen-bond donors (Lipinski definition) is 0. The van der Waals surface area contributed by atoms with Crippen LogP contribution in [0.1, 0.15) is 23.2 Å². The van der Waals surface area contributed by atoms with Gasteiger partial charge in [-0.05, 0) is 45.1 Å². The molecule has 1 saturated heterocycles. The fourth-order valence-corrected chi connectivity index (χ4v) is 2.94. The summed E-state index contributed by atoms with van der Waals surface area (Å²) in [5.74, 6) is 0.686. The van der Waals surface area contributed by atoms with Crippen molar-refractivity contribution in [2.45, 2.75) is 18.9 Å². The normalized spacial score (nSPS) is 16.6. The number of hydrogen-bond acceptors (Lipinski definition) is 3. The summed E-state index contributed by atoms with van der Waals surface area (Å²) in [7, 11) is 5.79. The lowest BCUT2D eigenvalue weighted by atomic mass is 10.0. The van der Waals surface area contributed by atoms with Crippen LogP contribution >= 0.6 is 15.9 Å². The number of piperidine rings is 1. The summed E-state index contributed by atoms with van der Waals surface area (Å²) in [6, 6.07) is 6.11. The van der Waals surface area contributed by atoms with Gasteiger partial charge in [0.25, 0.3) is 5.91 Å². The molecule has 0 aliphatic carbocycles. The smallest absolute Gasteiger partial charge is 0.257 e. The van der Waals surface area contributed by atoms with E-state index >= 15 is 0 Å². The van der Waals surface area contributed by atoms with Crippen LogP contribution in [0.2, 0.25) is 0 Å². The lowest BCUT2D eigenvalue weighted by Crippen LogP contribution is -2.44. The van der Waals surface area contributed by atoms with Crippen molar-refractivity contribution in [1.82, 2.24) is 9.80 Å². The zero-order valence-electron chi connectivity index (χ0n) is 12.2. The van der Waals surface area contributed by atoms with E-state index in [9.17, 15) is 4.79 Å². The number of amides is 1. The van der Waals surface area contributed by atoms with Crippen molar-refractivity contribution >= 4 is 21.8 Å². The average Bonchev–Trinajstić information content (AvgIpc) is 2.46. The van der Waals surface area contributed by atoms with Crippen LogP contribution in [-0.2, 0) is 0 Å². The van der Waals surface area contributed by atoms with Crippen molar-refractivity contribution in [3.8, 4) is 5.75 Å². The average molecular weight is 341 g/mol. The Morgan fingerprint density at radius 2 is 2.00 bits per heavy atom. The van der Waals surface area contributed by atoms with Crippen LogP contribution in [0, 0.1) is 0 Å². The number of halogens is 1. The van der Waals surface area contributed by atoms with Crippen LogP contribution in [-0.4, -0.2) is 56.0 Å². The van der Waals surface area contributed by atoms with Crippen LogP contribution in [0.4, 0.5) is 0 Å². The molecule has 0 bridgehead atoms. The van der Waals surface area contributed by atoms with E-state index in [-0.39, 0.29) is 5.91 Å². The van der Waals surface area contributed by atoms with Gasteiger partial charge < -0.3 is 14.5 Å². The maximum atomic E-state index is 12.6. The summed E-state index contributed by atoms with van der Waals surface area (Å²) in [5.41, 5.74) is 0.638. The SMILES string of the molecule is COc1cc(Br)ccc1C(=O)N1CCC(N(C)C)CC1. The summed E-state index contributed by atoms with van der Waals surface area (Å²) in [6.45, 7) is 1.61. The minimum atomic E-state index is 0.0616. The topological polar surface area (TPSA) is 32.8 Å². The molecule has 110 valence electrons. The molecule has 1 aromatic carbocycles. The Labute approximate surface area is 128 Å². The Kier molecular flexibility index (Phi) is 5.05. The van der Waals surface area contributed by atoms with Gasteiger partial charge in [-0.2, -0.15) is 0 Å². The van der Waals surface area contributed by atoms with Crippen molar-refractivity contribution < 1.29 is 9.53 Å². The van der Waals surface area contributed by atoms with E-state index in [1.54, 1.807) is 7.11 Å². The van der Waals surface area contributed by atoms with E-state index in [0.29, 0.717) is 17.4 Å². The van der Waals surface area contributed by atoms with Gasteiger partial charge in [-0.15, -0.1) is 0 Å². The molecule has 1 amide bonds. The quantitative estimate of drug-likeness (QED) is 0.847. The number of benzene rings is 1. The monoisotopic (exact) mass is 340 g/mol. The third kappa shape index (κ3) is 3.33. The second-order valence-electron chi connectivity index (χ2n) is 5.33. The highest BCUT2D eigenvalue weighted by Gasteiger charge is 2.26. The van der Waals surface area contributed by atoms with E-state index in [1.807, 2.05) is 23.1 Å². The van der Waals surface area contributed by atoms with Crippen LogP contribution in [0.5, 0.6) is 5.75 Å². The van der Waals surface area contributed by atoms with Gasteiger partial charge in [0.15, 0.2) is 0 Å². The van der Waals surface area contributed by atoms with Crippen molar-refractivity contribution in [2.24, 2.45) is 0 Å². The molecular formula is C15H21BrN2O2. The Bertz CT molecular complexity index is 483. The first kappa shape index (κ1) is 15.3. The molecule has 5 heteroatoms. The van der Waals surface area contributed by atoms with E-state index in [0.717, 1.165) is 30.4 Å². The molecule has 20 heavy (non-hydrogen) atoms. The summed E-state index contributed by atoms with van der Waals surface area (Å²) in [6.07, 6.45) is 2.05. The maximum Gasteiger partial charge on any atom is 0.257 e. The number of methoxy groups -OCH3 is 1. The maximum absolute atomic E-state index is 12.6. The second-order valence-corrected chi connectivity index (χ2v) is 6.25. The molecule has 1 aliphatic heterocycles. The lowest BCUT2D eigenvalue weighted by Gasteiger charge is -2.35. The highest BCUT2D eigenvalue weighted by atomic mass is 79.9. The molecule has 0 N–H and O–H groups in total. The van der Waals surface area contributed by atoms with Gasteiger partial charge >= 0.3 is 0 Å². The molecule has 0 radical (unpaired) electrons. The molecule has 0 unspecified atom stereocenters. The molecular weight excluding hydrogens is 320 g/mol. The Morgan fingerprint density at radius 3 is 2.55 bits per heavy atom. The summed E-state index contributed by atoms with van der Waals surface area (Å²) in [4.78, 5) is 16.7. The van der Waals surface area contributed by atoms with E-state index in [4.69, 9.17) is 4.74 Å². The number of carbonyl (C=O) groups is 1. The van der Waals surface area contributed by atoms with Crippen LogP contribution in [0.25, 0.3) is 0 Å². The Balaban J connectivity index is 2.09. The molecule has 4 nitrogen and oxygen atoms in total. The lowest BCUT2D eigenvalue weighted by molar-refractivity contribution is 0.0660. The number of nitrogens with zero attached hydrogens (tertiary/aromatic N) is 2. The van der Waals surface area contributed by atoms with Gasteiger partial charge in [0.1, 0.15) is 5.75 Å². The highest BCUT2D eigenvalue weighted by Crippen LogP contribution is 2.26. The third-order valence-electron chi connectivity index (χ3n) is 3.88. The zero-order chi connectivity index (χ0) is 14.7. The minimum Gasteiger partial charge on any atom is -0.496 e. The Morgan fingerprint density at radius 1 is 1.35 bits per heavy atom. The van der Waals surface area contributed by atoms with Crippen molar-refractivity contribution in [2.75, 3.05) is 34.3 Å². The summed E-state index contributed by atoms with van der Waals surface area (Å²) in [5, 5.41) is 0. The number of likely N-dealkylation sites (tertiary alicyclic amines) is 1. The van der Waals surface area contributed by atoms with Gasteiger partial charge in [-0.3, -0.25) is 4.79 Å². The molecule has 0 spiro atoms. The fourth-order valence-electron chi connectivity index (χ4n) is 2.60. The molecule has 0 atom stereocenters. The molecule has 1 fully saturated rings. The molecule has 0 aromatic heterocycles. The van der Waals surface area contributed by atoms with Crippen LogP contribution < -0.4 is 4.74 Å². The van der Waals surface area contributed by atoms with Crippen LogP contribution in [0.3, 0.4) is 0 Å². The van der Waals surface area contributed by atoms with E-state index in [1.165, 1.54) is 0 Å². The first-order chi connectivity index (χ1) is 9.52. The molecule has 1 aliphatic rings. The number of ether oxygens (including phenoxy) is 1. The number of rotatable bonds is 3. The standard InChI is InChI=1S/C15H21BrN2O2/c1-17(2)12-6-8-18(9-7-12)15(19)13-5-4-11(16)10-14(13)20-3/h4-5,10,12H,6-9H2,1-3H3.